The van der Waals surface area contributed by atoms with E-state index in [1.807, 2.05) is 0 Å². The second kappa shape index (κ2) is 7.59. The zero-order chi connectivity index (χ0) is 20.5. The summed E-state index contributed by atoms with van der Waals surface area (Å²) < 4.78 is 24.8. The predicted octanol–water partition coefficient (Wildman–Crippen LogP) is 2.80. The highest BCUT2D eigenvalue weighted by Gasteiger charge is 2.39. The third-order valence-electron chi connectivity index (χ3n) is 4.90. The number of fused-ring (bicyclic) bond motifs is 2. The molecule has 2 aromatic rings. The molecule has 9 heteroatoms. The number of rotatable bonds is 5. The normalized spacial score (nSPS) is 17.4. The van der Waals surface area contributed by atoms with Gasteiger partial charge in [0.2, 0.25) is 0 Å². The molecule has 0 aliphatic carbocycles. The molecule has 0 bridgehead atoms. The van der Waals surface area contributed by atoms with Gasteiger partial charge in [-0.15, -0.1) is 4.91 Å². The first-order chi connectivity index (χ1) is 14.0. The Bertz CT molecular complexity index is 1010. The van der Waals surface area contributed by atoms with E-state index in [0.717, 1.165) is 0 Å². The van der Waals surface area contributed by atoms with Crippen LogP contribution < -0.4 is 15.0 Å². The summed E-state index contributed by atoms with van der Waals surface area (Å²) in [5.41, 5.74) is 2.14. The van der Waals surface area contributed by atoms with Crippen molar-refractivity contribution in [3.8, 4) is 5.75 Å². The average molecular weight is 399 g/mol. The molecule has 150 valence electrons. The number of halogens is 1. The molecule has 0 saturated carbocycles. The maximum atomic E-state index is 14.1. The minimum absolute atomic E-state index is 0.0238. The number of ether oxygens (including phenoxy) is 2. The first-order valence-electron chi connectivity index (χ1n) is 9.11. The quantitative estimate of drug-likeness (QED) is 0.780. The number of amides is 2. The summed E-state index contributed by atoms with van der Waals surface area (Å²) in [5.74, 6) is -0.864. The second-order valence-electron chi connectivity index (χ2n) is 6.73. The minimum atomic E-state index is -1.21. The fourth-order valence-corrected chi connectivity index (χ4v) is 3.62. The third kappa shape index (κ3) is 3.33. The summed E-state index contributed by atoms with van der Waals surface area (Å²) in [5, 5.41) is 5.64. The molecule has 2 aliphatic rings. The van der Waals surface area contributed by atoms with Gasteiger partial charge in [0.05, 0.1) is 18.8 Å². The first-order valence-corrected chi connectivity index (χ1v) is 9.11. The third-order valence-corrected chi connectivity index (χ3v) is 4.90. The zero-order valence-electron chi connectivity index (χ0n) is 15.6. The lowest BCUT2D eigenvalue weighted by Gasteiger charge is -2.24. The molecule has 0 radical (unpaired) electrons. The van der Waals surface area contributed by atoms with Crippen molar-refractivity contribution < 1.29 is 23.5 Å². The van der Waals surface area contributed by atoms with Gasteiger partial charge >= 0.3 is 0 Å². The van der Waals surface area contributed by atoms with E-state index in [1.165, 1.54) is 17.0 Å². The van der Waals surface area contributed by atoms with Gasteiger partial charge in [0.15, 0.2) is 12.8 Å². The largest absolute Gasteiger partial charge is 0.467 e. The van der Waals surface area contributed by atoms with E-state index in [1.54, 1.807) is 25.1 Å². The van der Waals surface area contributed by atoms with Crippen LogP contribution >= 0.6 is 0 Å². The highest BCUT2D eigenvalue weighted by molar-refractivity contribution is 6.06. The van der Waals surface area contributed by atoms with Gasteiger partial charge < -0.3 is 19.7 Å². The van der Waals surface area contributed by atoms with E-state index < -0.39 is 17.8 Å². The van der Waals surface area contributed by atoms with Crippen molar-refractivity contribution in [3.63, 3.8) is 0 Å². The summed E-state index contributed by atoms with van der Waals surface area (Å²) in [7, 11) is 0. The maximum absolute atomic E-state index is 14.1. The Morgan fingerprint density at radius 1 is 1.34 bits per heavy atom. The first kappa shape index (κ1) is 19.0. The Morgan fingerprint density at radius 3 is 2.93 bits per heavy atom. The average Bonchev–Trinajstić information content (AvgIpc) is 2.98. The van der Waals surface area contributed by atoms with Crippen molar-refractivity contribution in [2.45, 2.75) is 26.1 Å². The van der Waals surface area contributed by atoms with Gasteiger partial charge in [-0.1, -0.05) is 11.2 Å². The Kier molecular flexibility index (Phi) is 4.98. The number of carbonyl (C=O) groups excluding carboxylic acids is 2. The van der Waals surface area contributed by atoms with Crippen LogP contribution in [0.2, 0.25) is 0 Å². The number of carbonyl (C=O) groups is 2. The van der Waals surface area contributed by atoms with Crippen molar-refractivity contribution in [1.82, 2.24) is 5.32 Å². The lowest BCUT2D eigenvalue weighted by atomic mass is 10.1. The number of benzene rings is 2. The monoisotopic (exact) mass is 399 g/mol. The summed E-state index contributed by atoms with van der Waals surface area (Å²) in [6.07, 6.45) is 0. The topological polar surface area (TPSA) is 97.3 Å². The smallest absolute Gasteiger partial charge is 0.260 e. The SMILES string of the molecule is CCNC(=O)c1ccc2c(c1)N(Cc1cc(F)cc3c1OCOC3)C(=O)C2N=O. The molecule has 2 aromatic carbocycles. The number of hydrogen-bond donors (Lipinski definition) is 1. The fraction of sp³-hybridized carbons (Fsp3) is 0.300. The van der Waals surface area contributed by atoms with Crippen LogP contribution in [0.3, 0.4) is 0 Å². The number of hydrogen-bond acceptors (Lipinski definition) is 6. The van der Waals surface area contributed by atoms with Crippen LogP contribution in [0.5, 0.6) is 5.75 Å². The van der Waals surface area contributed by atoms with Crippen LogP contribution in [0.15, 0.2) is 35.5 Å². The van der Waals surface area contributed by atoms with Crippen LogP contribution in [0, 0.1) is 10.7 Å². The molecule has 0 saturated heterocycles. The lowest BCUT2D eigenvalue weighted by molar-refractivity contribution is -0.119. The van der Waals surface area contributed by atoms with E-state index in [0.29, 0.717) is 40.2 Å². The Balaban J connectivity index is 1.75. The van der Waals surface area contributed by atoms with Gasteiger partial charge in [-0.05, 0) is 31.2 Å². The van der Waals surface area contributed by atoms with Gasteiger partial charge in [-0.2, -0.15) is 0 Å². The van der Waals surface area contributed by atoms with Gasteiger partial charge in [0.25, 0.3) is 11.8 Å². The van der Waals surface area contributed by atoms with Crippen molar-refractivity contribution >= 4 is 17.5 Å². The molecule has 2 heterocycles. The van der Waals surface area contributed by atoms with E-state index in [2.05, 4.69) is 10.5 Å². The fourth-order valence-electron chi connectivity index (χ4n) is 3.62. The maximum Gasteiger partial charge on any atom is 0.260 e. The van der Waals surface area contributed by atoms with Crippen molar-refractivity contribution in [3.05, 3.63) is 63.3 Å². The van der Waals surface area contributed by atoms with Crippen LogP contribution in [-0.2, 0) is 22.7 Å². The van der Waals surface area contributed by atoms with Crippen molar-refractivity contribution in [2.24, 2.45) is 5.18 Å². The number of anilines is 1. The highest BCUT2D eigenvalue weighted by atomic mass is 19.1. The molecule has 0 aromatic heterocycles. The molecule has 1 N–H and O–H groups in total. The molecule has 1 unspecified atom stereocenters. The predicted molar refractivity (Wildman–Crippen MR) is 101 cm³/mol. The molecule has 4 rings (SSSR count). The van der Waals surface area contributed by atoms with Crippen LogP contribution in [0.1, 0.15) is 40.0 Å². The van der Waals surface area contributed by atoms with Gasteiger partial charge in [0, 0.05) is 28.8 Å². The van der Waals surface area contributed by atoms with Crippen LogP contribution in [0.25, 0.3) is 0 Å². The second-order valence-corrected chi connectivity index (χ2v) is 6.73. The van der Waals surface area contributed by atoms with Crippen LogP contribution in [-0.4, -0.2) is 25.2 Å². The Hall–Kier alpha value is -3.33. The van der Waals surface area contributed by atoms with E-state index in [4.69, 9.17) is 9.47 Å². The van der Waals surface area contributed by atoms with Gasteiger partial charge in [0.1, 0.15) is 11.6 Å². The number of nitroso groups, excluding NO2 is 1. The van der Waals surface area contributed by atoms with E-state index in [9.17, 15) is 18.9 Å². The molecule has 0 spiro atoms. The molecular weight excluding hydrogens is 381 g/mol. The molecule has 0 fully saturated rings. The summed E-state index contributed by atoms with van der Waals surface area (Å²) in [4.78, 5) is 37.7. The summed E-state index contributed by atoms with van der Waals surface area (Å²) in [6.45, 7) is 2.44. The molecule has 29 heavy (non-hydrogen) atoms. The molecule has 8 nitrogen and oxygen atoms in total. The van der Waals surface area contributed by atoms with Crippen LogP contribution in [0.4, 0.5) is 10.1 Å². The van der Waals surface area contributed by atoms with Crippen molar-refractivity contribution in [2.75, 3.05) is 18.2 Å². The number of nitrogens with zero attached hydrogens (tertiary/aromatic N) is 2. The highest BCUT2D eigenvalue weighted by Crippen LogP contribution is 2.41. The Labute approximate surface area is 165 Å². The minimum Gasteiger partial charge on any atom is -0.467 e. The molecule has 1 atom stereocenters. The zero-order valence-corrected chi connectivity index (χ0v) is 15.6. The number of nitrogens with one attached hydrogen (secondary N) is 1. The summed E-state index contributed by atoms with van der Waals surface area (Å²) >= 11 is 0. The van der Waals surface area contributed by atoms with E-state index in [-0.39, 0.29) is 25.9 Å². The van der Waals surface area contributed by atoms with Crippen molar-refractivity contribution in [1.29, 1.82) is 0 Å². The summed E-state index contributed by atoms with van der Waals surface area (Å²) in [6, 6.07) is 6.03. The standard InChI is InChI=1S/C20H18FN3O5/c1-2-22-19(25)11-3-4-15-16(7-11)24(20(26)17(15)23-27)8-12-5-14(21)6-13-9-28-10-29-18(12)13/h3-7,17H,2,8-10H2,1H3,(H,22,25). The lowest BCUT2D eigenvalue weighted by Crippen LogP contribution is -2.29. The molecule has 2 aliphatic heterocycles. The molecule has 2 amide bonds. The van der Waals surface area contributed by atoms with Gasteiger partial charge in [-0.25, -0.2) is 4.39 Å². The van der Waals surface area contributed by atoms with E-state index >= 15 is 0 Å². The van der Waals surface area contributed by atoms with Gasteiger partial charge in [-0.3, -0.25) is 9.59 Å². The Morgan fingerprint density at radius 2 is 2.17 bits per heavy atom. The molecular formula is C20H18FN3O5.